The summed E-state index contributed by atoms with van der Waals surface area (Å²) >= 11 is 7.81. The number of carbonyl (C=O) groups is 1. The maximum Gasteiger partial charge on any atom is 0.246 e. The molecule has 4 heteroatoms. The number of hydrogen-bond donors (Lipinski definition) is 0. The molecule has 2 aromatic rings. The van der Waals surface area contributed by atoms with E-state index < -0.39 is 0 Å². The first-order valence-corrected chi connectivity index (χ1v) is 8.74. The predicted octanol–water partition coefficient (Wildman–Crippen LogP) is 5.09. The topological polar surface area (TPSA) is 20.3 Å². The second-order valence-electron chi connectivity index (χ2n) is 5.53. The normalized spacial score (nSPS) is 17.3. The number of fused-ring (bicyclic) bond motifs is 1. The smallest absolute Gasteiger partial charge is 0.246 e. The van der Waals surface area contributed by atoms with Crippen molar-refractivity contribution in [2.75, 3.05) is 6.54 Å². The molecule has 1 amide bonds. The summed E-state index contributed by atoms with van der Waals surface area (Å²) in [6, 6.07) is 10.3. The van der Waals surface area contributed by atoms with Gasteiger partial charge in [0.15, 0.2) is 0 Å². The van der Waals surface area contributed by atoms with Gasteiger partial charge in [-0.25, -0.2) is 0 Å². The van der Waals surface area contributed by atoms with E-state index in [9.17, 15) is 4.79 Å². The Morgan fingerprint density at radius 1 is 1.39 bits per heavy atom. The van der Waals surface area contributed by atoms with Crippen molar-refractivity contribution in [3.63, 3.8) is 0 Å². The van der Waals surface area contributed by atoms with E-state index in [0.29, 0.717) is 13.1 Å². The molecule has 1 atom stereocenters. The third-order valence-electron chi connectivity index (χ3n) is 4.14. The third kappa shape index (κ3) is 3.12. The summed E-state index contributed by atoms with van der Waals surface area (Å²) in [5.74, 6) is 0.176. The zero-order chi connectivity index (χ0) is 16.4. The Kier molecular flexibility index (Phi) is 4.69. The van der Waals surface area contributed by atoms with Crippen LogP contribution in [0, 0.1) is 0 Å². The molecule has 0 radical (unpaired) electrons. The van der Waals surface area contributed by atoms with E-state index >= 15 is 0 Å². The molecular weight excluding hydrogens is 326 g/mol. The average Bonchev–Trinajstić information content (AvgIpc) is 2.94. The van der Waals surface area contributed by atoms with E-state index in [1.807, 2.05) is 36.1 Å². The molecular formula is C19H18ClNOS. The van der Waals surface area contributed by atoms with Crippen LogP contribution in [0.25, 0.3) is 6.08 Å². The maximum atomic E-state index is 12.3. The summed E-state index contributed by atoms with van der Waals surface area (Å²) in [5.41, 5.74) is 3.53. The minimum atomic E-state index is 0.0451. The lowest BCUT2D eigenvalue weighted by Gasteiger charge is -2.33. The number of nitrogens with zero attached hydrogens (tertiary/aromatic N) is 1. The van der Waals surface area contributed by atoms with E-state index in [1.165, 1.54) is 16.0 Å². The number of benzene rings is 1. The zero-order valence-corrected chi connectivity index (χ0v) is 14.5. The van der Waals surface area contributed by atoms with Crippen LogP contribution in [0.3, 0.4) is 0 Å². The Balaban J connectivity index is 2.07. The number of rotatable bonds is 3. The Morgan fingerprint density at radius 3 is 2.91 bits per heavy atom. The fourth-order valence-corrected chi connectivity index (χ4v) is 4.44. The van der Waals surface area contributed by atoms with Crippen molar-refractivity contribution in [1.82, 2.24) is 4.90 Å². The average molecular weight is 344 g/mol. The molecule has 0 fully saturated rings. The quantitative estimate of drug-likeness (QED) is 0.710. The number of carbonyl (C=O) groups excluding carboxylic acids is 1. The molecule has 0 bridgehead atoms. The molecule has 23 heavy (non-hydrogen) atoms. The van der Waals surface area contributed by atoms with E-state index in [1.54, 1.807) is 23.5 Å². The fraction of sp³-hybridized carbons (Fsp3) is 0.211. The molecule has 0 N–H and O–H groups in total. The monoisotopic (exact) mass is 343 g/mol. The number of allylic oxidation sites excluding steroid dienone is 1. The highest BCUT2D eigenvalue weighted by Gasteiger charge is 2.31. The Hall–Kier alpha value is -1.84. The van der Waals surface area contributed by atoms with E-state index in [-0.39, 0.29) is 11.8 Å². The van der Waals surface area contributed by atoms with Crippen molar-refractivity contribution in [3.8, 4) is 0 Å². The van der Waals surface area contributed by atoms with Crippen molar-refractivity contribution in [3.05, 3.63) is 75.0 Å². The van der Waals surface area contributed by atoms with Crippen LogP contribution < -0.4 is 0 Å². The van der Waals surface area contributed by atoms with Gasteiger partial charge in [0, 0.05) is 17.3 Å². The SMILES string of the molecule is C=Cc1ccccc1[C@H]1CN(C(=O)/C=C/C)Cc2sc(Cl)cc21. The van der Waals surface area contributed by atoms with Gasteiger partial charge >= 0.3 is 0 Å². The van der Waals surface area contributed by atoms with E-state index in [4.69, 9.17) is 11.6 Å². The second-order valence-corrected chi connectivity index (χ2v) is 7.30. The maximum absolute atomic E-state index is 12.3. The highest BCUT2D eigenvalue weighted by molar-refractivity contribution is 7.16. The van der Waals surface area contributed by atoms with Crippen molar-refractivity contribution >= 4 is 34.9 Å². The van der Waals surface area contributed by atoms with Gasteiger partial charge < -0.3 is 4.90 Å². The number of thiophene rings is 1. The van der Waals surface area contributed by atoms with E-state index in [0.717, 1.165) is 9.90 Å². The molecule has 118 valence electrons. The molecule has 0 saturated heterocycles. The van der Waals surface area contributed by atoms with Gasteiger partial charge in [-0.15, -0.1) is 11.3 Å². The molecule has 3 rings (SSSR count). The van der Waals surface area contributed by atoms with Gasteiger partial charge in [0.05, 0.1) is 10.9 Å². The molecule has 1 aliphatic rings. The van der Waals surface area contributed by atoms with Gasteiger partial charge in [-0.2, -0.15) is 0 Å². The van der Waals surface area contributed by atoms with Gasteiger partial charge in [0.2, 0.25) is 5.91 Å². The molecule has 0 unspecified atom stereocenters. The van der Waals surface area contributed by atoms with Crippen molar-refractivity contribution in [1.29, 1.82) is 0 Å². The lowest BCUT2D eigenvalue weighted by Crippen LogP contribution is -2.37. The molecule has 1 aliphatic heterocycles. The van der Waals surface area contributed by atoms with Crippen LogP contribution in [0.2, 0.25) is 4.34 Å². The highest BCUT2D eigenvalue weighted by Crippen LogP contribution is 2.41. The Labute approximate surface area is 145 Å². The summed E-state index contributed by atoms with van der Waals surface area (Å²) in [5, 5.41) is 0. The van der Waals surface area contributed by atoms with Crippen molar-refractivity contribution < 1.29 is 4.79 Å². The van der Waals surface area contributed by atoms with Gasteiger partial charge in [-0.05, 0) is 35.8 Å². The first kappa shape index (κ1) is 16.0. The molecule has 1 aromatic heterocycles. The second kappa shape index (κ2) is 6.73. The lowest BCUT2D eigenvalue weighted by atomic mass is 9.85. The van der Waals surface area contributed by atoms with Gasteiger partial charge in [0.25, 0.3) is 0 Å². The molecule has 0 saturated carbocycles. The summed E-state index contributed by atoms with van der Waals surface area (Å²) in [4.78, 5) is 15.4. The van der Waals surface area contributed by atoms with Crippen LogP contribution in [-0.4, -0.2) is 17.4 Å². The molecule has 2 heterocycles. The van der Waals surface area contributed by atoms with Crippen LogP contribution in [0.4, 0.5) is 0 Å². The standard InChI is InChI=1S/C19H18ClNOS/c1-3-7-19(22)21-11-16(14-9-6-5-8-13(14)4-2)15-10-18(20)23-17(15)12-21/h3-10,16H,2,11-12H2,1H3/b7-3+/t16-/m1/s1. The predicted molar refractivity (Wildman–Crippen MR) is 97.9 cm³/mol. The summed E-state index contributed by atoms with van der Waals surface area (Å²) in [6.45, 7) is 7.07. The van der Waals surface area contributed by atoms with Crippen LogP contribution >= 0.6 is 22.9 Å². The van der Waals surface area contributed by atoms with Gasteiger partial charge in [0.1, 0.15) is 0 Å². The van der Waals surface area contributed by atoms with Crippen LogP contribution in [0.1, 0.15) is 34.4 Å². The largest absolute Gasteiger partial charge is 0.333 e. The molecule has 0 spiro atoms. The van der Waals surface area contributed by atoms with Crippen LogP contribution in [0.15, 0.2) is 49.1 Å². The Bertz CT molecular complexity index is 777. The minimum absolute atomic E-state index is 0.0451. The van der Waals surface area contributed by atoms with Crippen LogP contribution in [-0.2, 0) is 11.3 Å². The van der Waals surface area contributed by atoms with Crippen molar-refractivity contribution in [2.45, 2.75) is 19.4 Å². The summed E-state index contributed by atoms with van der Waals surface area (Å²) in [7, 11) is 0. The highest BCUT2D eigenvalue weighted by atomic mass is 35.5. The van der Waals surface area contributed by atoms with Gasteiger partial charge in [-0.3, -0.25) is 4.79 Å². The first-order valence-electron chi connectivity index (χ1n) is 7.55. The van der Waals surface area contributed by atoms with Crippen molar-refractivity contribution in [2.24, 2.45) is 0 Å². The molecule has 2 nitrogen and oxygen atoms in total. The van der Waals surface area contributed by atoms with Crippen LogP contribution in [0.5, 0.6) is 0 Å². The molecule has 1 aromatic carbocycles. The zero-order valence-electron chi connectivity index (χ0n) is 13.0. The fourth-order valence-electron chi connectivity index (χ4n) is 3.08. The van der Waals surface area contributed by atoms with Gasteiger partial charge in [-0.1, -0.05) is 54.6 Å². The molecule has 0 aliphatic carbocycles. The number of halogens is 1. The number of amides is 1. The van der Waals surface area contributed by atoms with E-state index in [2.05, 4.69) is 18.7 Å². The first-order chi connectivity index (χ1) is 11.1. The Morgan fingerprint density at radius 2 is 2.17 bits per heavy atom. The third-order valence-corrected chi connectivity index (χ3v) is 5.40. The number of hydrogen-bond acceptors (Lipinski definition) is 2. The minimum Gasteiger partial charge on any atom is -0.333 e. The summed E-state index contributed by atoms with van der Waals surface area (Å²) < 4.78 is 0.774. The lowest BCUT2D eigenvalue weighted by molar-refractivity contribution is -0.127. The summed E-state index contributed by atoms with van der Waals surface area (Å²) in [6.07, 6.45) is 5.28.